The second-order valence-electron chi connectivity index (χ2n) is 2.82. The van der Waals surface area contributed by atoms with Gasteiger partial charge in [-0.15, -0.1) is 0 Å². The molecule has 0 N–H and O–H groups in total. The molecule has 0 unspecified atom stereocenters. The van der Waals surface area contributed by atoms with E-state index in [9.17, 15) is 0 Å². The molecule has 0 amide bonds. The number of furan rings is 1. The van der Waals surface area contributed by atoms with E-state index in [1.54, 1.807) is 6.26 Å². The highest BCUT2D eigenvalue weighted by molar-refractivity contribution is 6.29. The smallest absolute Gasteiger partial charge is 0.196 e. The van der Waals surface area contributed by atoms with Gasteiger partial charge in [-0.05, 0) is 30.0 Å². The third-order valence-electron chi connectivity index (χ3n) is 1.32. The van der Waals surface area contributed by atoms with Crippen molar-refractivity contribution in [1.82, 2.24) is 0 Å². The Balaban J connectivity index is 2.65. The van der Waals surface area contributed by atoms with Crippen LogP contribution in [0.1, 0.15) is 19.4 Å². The lowest BCUT2D eigenvalue weighted by Crippen LogP contribution is -1.91. The van der Waals surface area contributed by atoms with Gasteiger partial charge in [-0.25, -0.2) is 0 Å². The van der Waals surface area contributed by atoms with E-state index in [1.165, 1.54) is 0 Å². The van der Waals surface area contributed by atoms with Gasteiger partial charge in [-0.3, -0.25) is 0 Å². The van der Waals surface area contributed by atoms with Crippen LogP contribution < -0.4 is 0 Å². The van der Waals surface area contributed by atoms with Crippen LogP contribution in [0.15, 0.2) is 16.7 Å². The van der Waals surface area contributed by atoms with Crippen molar-refractivity contribution in [3.8, 4) is 0 Å². The molecule has 2 heteroatoms. The Morgan fingerprint density at radius 1 is 1.60 bits per heavy atom. The zero-order chi connectivity index (χ0) is 7.56. The van der Waals surface area contributed by atoms with Gasteiger partial charge < -0.3 is 4.42 Å². The third kappa shape index (κ3) is 1.77. The Bertz CT molecular complexity index is 203. The molecule has 1 aromatic heterocycles. The molecule has 0 aliphatic heterocycles. The molecule has 0 spiro atoms. The van der Waals surface area contributed by atoms with Crippen LogP contribution >= 0.6 is 11.6 Å². The summed E-state index contributed by atoms with van der Waals surface area (Å²) in [6.07, 6.45) is 2.62. The van der Waals surface area contributed by atoms with Crippen LogP contribution in [-0.4, -0.2) is 0 Å². The molecule has 0 bridgehead atoms. The van der Waals surface area contributed by atoms with Gasteiger partial charge in [-0.1, -0.05) is 13.8 Å². The fourth-order valence-electron chi connectivity index (χ4n) is 0.905. The summed E-state index contributed by atoms with van der Waals surface area (Å²) < 4.78 is 4.93. The largest absolute Gasteiger partial charge is 0.453 e. The predicted molar refractivity (Wildman–Crippen MR) is 42.3 cm³/mol. The third-order valence-corrected chi connectivity index (χ3v) is 1.65. The molecule has 1 aromatic rings. The van der Waals surface area contributed by atoms with Crippen LogP contribution in [0.4, 0.5) is 0 Å². The van der Waals surface area contributed by atoms with Crippen molar-refractivity contribution < 1.29 is 4.42 Å². The molecule has 0 aromatic carbocycles. The van der Waals surface area contributed by atoms with Crippen LogP contribution in [0.5, 0.6) is 0 Å². The molecular formula is C8H11ClO. The normalized spacial score (nSPS) is 10.8. The topological polar surface area (TPSA) is 13.1 Å². The van der Waals surface area contributed by atoms with Crippen molar-refractivity contribution in [2.45, 2.75) is 20.3 Å². The van der Waals surface area contributed by atoms with Gasteiger partial charge in [0.1, 0.15) is 0 Å². The molecule has 10 heavy (non-hydrogen) atoms. The van der Waals surface area contributed by atoms with Gasteiger partial charge in [-0.2, -0.15) is 0 Å². The lowest BCUT2D eigenvalue weighted by Gasteiger charge is -1.99. The van der Waals surface area contributed by atoms with Crippen molar-refractivity contribution >= 4 is 11.6 Å². The van der Waals surface area contributed by atoms with Gasteiger partial charge in [0.05, 0.1) is 6.26 Å². The van der Waals surface area contributed by atoms with Crippen molar-refractivity contribution in [3.63, 3.8) is 0 Å². The average Bonchev–Trinajstić information content (AvgIpc) is 2.15. The number of hydrogen-bond acceptors (Lipinski definition) is 1. The Labute approximate surface area is 66.0 Å². The van der Waals surface area contributed by atoms with Gasteiger partial charge in [0.25, 0.3) is 0 Å². The van der Waals surface area contributed by atoms with E-state index in [0.717, 1.165) is 12.0 Å². The molecule has 0 radical (unpaired) electrons. The van der Waals surface area contributed by atoms with Gasteiger partial charge in [0.2, 0.25) is 0 Å². The summed E-state index contributed by atoms with van der Waals surface area (Å²) in [6.45, 7) is 4.31. The maximum Gasteiger partial charge on any atom is 0.196 e. The maximum atomic E-state index is 5.72. The first kappa shape index (κ1) is 7.67. The first-order valence-corrected chi connectivity index (χ1v) is 3.80. The standard InChI is InChI=1S/C8H11ClO/c1-6(2)5-7-3-4-10-8(7)9/h3-4,6H,5H2,1-2H3. The monoisotopic (exact) mass is 158 g/mol. The highest BCUT2D eigenvalue weighted by Gasteiger charge is 2.04. The molecule has 0 saturated heterocycles. The Kier molecular flexibility index (Phi) is 2.39. The van der Waals surface area contributed by atoms with E-state index >= 15 is 0 Å². The van der Waals surface area contributed by atoms with Crippen LogP contribution in [0.25, 0.3) is 0 Å². The van der Waals surface area contributed by atoms with Gasteiger partial charge in [0, 0.05) is 5.56 Å². The number of hydrogen-bond donors (Lipinski definition) is 0. The molecular weight excluding hydrogens is 148 g/mol. The molecule has 0 aliphatic carbocycles. The summed E-state index contributed by atoms with van der Waals surface area (Å²) in [7, 11) is 0. The minimum atomic E-state index is 0.536. The number of halogens is 1. The highest BCUT2D eigenvalue weighted by Crippen LogP contribution is 2.19. The predicted octanol–water partition coefficient (Wildman–Crippen LogP) is 3.13. The van der Waals surface area contributed by atoms with Crippen molar-refractivity contribution in [2.75, 3.05) is 0 Å². The Morgan fingerprint density at radius 2 is 2.30 bits per heavy atom. The molecule has 1 rings (SSSR count). The molecule has 0 aliphatic rings. The second-order valence-corrected chi connectivity index (χ2v) is 3.16. The Hall–Kier alpha value is -0.430. The fraction of sp³-hybridized carbons (Fsp3) is 0.500. The summed E-state index contributed by atoms with van der Waals surface area (Å²) >= 11 is 5.72. The first-order valence-electron chi connectivity index (χ1n) is 3.42. The second kappa shape index (κ2) is 3.11. The van der Waals surface area contributed by atoms with E-state index in [-0.39, 0.29) is 0 Å². The molecule has 56 valence electrons. The van der Waals surface area contributed by atoms with Gasteiger partial charge >= 0.3 is 0 Å². The van der Waals surface area contributed by atoms with Crippen LogP contribution in [0.2, 0.25) is 5.22 Å². The summed E-state index contributed by atoms with van der Waals surface area (Å²) in [6, 6.07) is 1.92. The summed E-state index contributed by atoms with van der Waals surface area (Å²) in [5.74, 6) is 0.634. The van der Waals surface area contributed by atoms with Crippen molar-refractivity contribution in [3.05, 3.63) is 23.1 Å². The zero-order valence-electron chi connectivity index (χ0n) is 6.23. The highest BCUT2D eigenvalue weighted by atomic mass is 35.5. The molecule has 0 saturated carbocycles. The quantitative estimate of drug-likeness (QED) is 0.645. The minimum absolute atomic E-state index is 0.536. The maximum absolute atomic E-state index is 5.72. The van der Waals surface area contributed by atoms with Crippen LogP contribution in [-0.2, 0) is 6.42 Å². The van der Waals surface area contributed by atoms with E-state index in [0.29, 0.717) is 11.1 Å². The number of rotatable bonds is 2. The lowest BCUT2D eigenvalue weighted by molar-refractivity contribution is 0.559. The van der Waals surface area contributed by atoms with Crippen molar-refractivity contribution in [2.24, 2.45) is 5.92 Å². The van der Waals surface area contributed by atoms with Gasteiger partial charge in [0.15, 0.2) is 5.22 Å². The first-order chi connectivity index (χ1) is 4.70. The fourth-order valence-corrected chi connectivity index (χ4v) is 1.10. The summed E-state index contributed by atoms with van der Waals surface area (Å²) in [5.41, 5.74) is 1.11. The minimum Gasteiger partial charge on any atom is -0.453 e. The van der Waals surface area contributed by atoms with E-state index in [2.05, 4.69) is 13.8 Å². The SMILES string of the molecule is CC(C)Cc1ccoc1Cl. The Morgan fingerprint density at radius 3 is 2.70 bits per heavy atom. The molecule has 0 atom stereocenters. The van der Waals surface area contributed by atoms with E-state index < -0.39 is 0 Å². The molecule has 1 nitrogen and oxygen atoms in total. The van der Waals surface area contributed by atoms with E-state index in [4.69, 9.17) is 16.0 Å². The molecule has 0 fully saturated rings. The van der Waals surface area contributed by atoms with Crippen LogP contribution in [0, 0.1) is 5.92 Å². The summed E-state index contributed by atoms with van der Waals surface area (Å²) in [5, 5.41) is 0.536. The van der Waals surface area contributed by atoms with Crippen molar-refractivity contribution in [1.29, 1.82) is 0 Å². The summed E-state index contributed by atoms with van der Waals surface area (Å²) in [4.78, 5) is 0. The molecule has 1 heterocycles. The average molecular weight is 159 g/mol. The van der Waals surface area contributed by atoms with E-state index in [1.807, 2.05) is 6.07 Å². The van der Waals surface area contributed by atoms with Crippen LogP contribution in [0.3, 0.4) is 0 Å². The zero-order valence-corrected chi connectivity index (χ0v) is 6.98. The lowest BCUT2D eigenvalue weighted by atomic mass is 10.1.